The molecule has 0 radical (unpaired) electrons. The average molecular weight is 369 g/mol. The van der Waals surface area contributed by atoms with E-state index in [0.29, 0.717) is 5.56 Å². The molecule has 25 heavy (non-hydrogen) atoms. The summed E-state index contributed by atoms with van der Waals surface area (Å²) in [5.74, 6) is 0. The normalized spacial score (nSPS) is 21.4. The van der Waals surface area contributed by atoms with E-state index in [2.05, 4.69) is 23.7 Å². The Bertz CT molecular complexity index is 722. The van der Waals surface area contributed by atoms with E-state index < -0.39 is 11.7 Å². The average Bonchev–Trinajstić information content (AvgIpc) is 2.98. The molecule has 1 aromatic heterocycles. The second kappa shape index (κ2) is 6.70. The van der Waals surface area contributed by atoms with E-state index in [9.17, 15) is 13.2 Å². The van der Waals surface area contributed by atoms with Crippen molar-refractivity contribution in [3.05, 3.63) is 40.9 Å². The summed E-state index contributed by atoms with van der Waals surface area (Å²) >= 11 is 1.46. The number of hydrogen-bond donors (Lipinski definition) is 1. The molecule has 2 heterocycles. The van der Waals surface area contributed by atoms with Gasteiger partial charge in [0.15, 0.2) is 0 Å². The van der Waals surface area contributed by atoms with Crippen LogP contribution in [0, 0.1) is 5.41 Å². The number of nitrogens with two attached hydrogens (primary N) is 1. The van der Waals surface area contributed by atoms with Gasteiger partial charge in [-0.3, -0.25) is 4.90 Å². The van der Waals surface area contributed by atoms with E-state index in [1.807, 2.05) is 5.38 Å². The maximum absolute atomic E-state index is 12.6. The van der Waals surface area contributed by atoms with Gasteiger partial charge in [0.05, 0.1) is 11.3 Å². The highest BCUT2D eigenvalue weighted by Crippen LogP contribution is 2.32. The molecule has 7 heteroatoms. The molecular weight excluding hydrogens is 347 g/mol. The highest BCUT2D eigenvalue weighted by Gasteiger charge is 2.33. The smallest absolute Gasteiger partial charge is 0.327 e. The summed E-state index contributed by atoms with van der Waals surface area (Å²) in [6.45, 7) is 6.96. The van der Waals surface area contributed by atoms with Gasteiger partial charge in [-0.2, -0.15) is 13.2 Å². The standard InChI is InChI=1S/C18H22F3N3S/c1-17(2)11-24(8-7-15(17)22)9-14-10-25-16(23-14)12-3-5-13(6-4-12)18(19,20)21/h3-6,10,15H,7-9,11,22H2,1-2H3. The molecule has 1 saturated heterocycles. The van der Waals surface area contributed by atoms with Gasteiger partial charge in [0.1, 0.15) is 5.01 Å². The fraction of sp³-hybridized carbons (Fsp3) is 0.500. The Morgan fingerprint density at radius 3 is 2.56 bits per heavy atom. The highest BCUT2D eigenvalue weighted by molar-refractivity contribution is 7.13. The molecule has 3 nitrogen and oxygen atoms in total. The molecule has 1 fully saturated rings. The number of benzene rings is 1. The van der Waals surface area contributed by atoms with Crippen molar-refractivity contribution in [3.63, 3.8) is 0 Å². The summed E-state index contributed by atoms with van der Waals surface area (Å²) in [5, 5.41) is 2.73. The number of likely N-dealkylation sites (tertiary alicyclic amines) is 1. The van der Waals surface area contributed by atoms with Gasteiger partial charge < -0.3 is 5.73 Å². The molecule has 0 aliphatic carbocycles. The van der Waals surface area contributed by atoms with E-state index in [4.69, 9.17) is 5.73 Å². The molecule has 0 spiro atoms. The van der Waals surface area contributed by atoms with E-state index >= 15 is 0 Å². The zero-order valence-corrected chi connectivity index (χ0v) is 15.1. The van der Waals surface area contributed by atoms with Crippen LogP contribution in [-0.2, 0) is 12.7 Å². The maximum Gasteiger partial charge on any atom is 0.416 e. The molecule has 0 amide bonds. The summed E-state index contributed by atoms with van der Waals surface area (Å²) in [5.41, 5.74) is 7.27. The summed E-state index contributed by atoms with van der Waals surface area (Å²) in [6.07, 6.45) is -3.35. The molecule has 3 rings (SSSR count). The highest BCUT2D eigenvalue weighted by atomic mass is 32.1. The Balaban J connectivity index is 1.68. The Morgan fingerprint density at radius 1 is 1.28 bits per heavy atom. The lowest BCUT2D eigenvalue weighted by Crippen LogP contribution is -2.52. The van der Waals surface area contributed by atoms with Crippen molar-refractivity contribution in [3.8, 4) is 10.6 Å². The second-order valence-corrected chi connectivity index (χ2v) is 8.17. The van der Waals surface area contributed by atoms with Crippen molar-refractivity contribution < 1.29 is 13.2 Å². The minimum absolute atomic E-state index is 0.0739. The first-order chi connectivity index (χ1) is 11.6. The molecule has 136 valence electrons. The van der Waals surface area contributed by atoms with E-state index in [0.717, 1.165) is 48.9 Å². The van der Waals surface area contributed by atoms with Crippen molar-refractivity contribution in [1.82, 2.24) is 9.88 Å². The van der Waals surface area contributed by atoms with Gasteiger partial charge in [0.25, 0.3) is 0 Å². The van der Waals surface area contributed by atoms with Gasteiger partial charge in [0, 0.05) is 36.6 Å². The molecule has 0 saturated carbocycles. The van der Waals surface area contributed by atoms with Crippen molar-refractivity contribution in [1.29, 1.82) is 0 Å². The molecule has 2 N–H and O–H groups in total. The summed E-state index contributed by atoms with van der Waals surface area (Å²) in [4.78, 5) is 6.94. The zero-order valence-electron chi connectivity index (χ0n) is 14.3. The number of aromatic nitrogens is 1. The zero-order chi connectivity index (χ0) is 18.2. The monoisotopic (exact) mass is 369 g/mol. The number of rotatable bonds is 3. The van der Waals surface area contributed by atoms with E-state index in [1.165, 1.54) is 23.5 Å². The van der Waals surface area contributed by atoms with Crippen LogP contribution in [0.4, 0.5) is 13.2 Å². The maximum atomic E-state index is 12.6. The predicted molar refractivity (Wildman–Crippen MR) is 94.2 cm³/mol. The number of hydrogen-bond acceptors (Lipinski definition) is 4. The Hall–Kier alpha value is -1.44. The first-order valence-electron chi connectivity index (χ1n) is 8.25. The molecule has 1 aliphatic heterocycles. The quantitative estimate of drug-likeness (QED) is 0.873. The van der Waals surface area contributed by atoms with Crippen LogP contribution in [0.1, 0.15) is 31.5 Å². The minimum Gasteiger partial charge on any atom is -0.327 e. The molecule has 1 atom stereocenters. The van der Waals surface area contributed by atoms with Crippen molar-refractivity contribution in [2.75, 3.05) is 13.1 Å². The van der Waals surface area contributed by atoms with Gasteiger partial charge in [0.2, 0.25) is 0 Å². The second-order valence-electron chi connectivity index (χ2n) is 7.31. The number of thiazole rings is 1. The number of alkyl halides is 3. The lowest BCUT2D eigenvalue weighted by atomic mass is 9.80. The first kappa shape index (κ1) is 18.4. The van der Waals surface area contributed by atoms with Gasteiger partial charge in [-0.1, -0.05) is 26.0 Å². The summed E-state index contributed by atoms with van der Waals surface area (Å²) in [6, 6.07) is 5.38. The third kappa shape index (κ3) is 4.22. The van der Waals surface area contributed by atoms with Crippen molar-refractivity contribution >= 4 is 11.3 Å². The van der Waals surface area contributed by atoms with E-state index in [-0.39, 0.29) is 11.5 Å². The lowest BCUT2D eigenvalue weighted by Gasteiger charge is -2.42. The van der Waals surface area contributed by atoms with Crippen LogP contribution in [-0.4, -0.2) is 29.0 Å². The van der Waals surface area contributed by atoms with Gasteiger partial charge in [-0.05, 0) is 24.0 Å². The van der Waals surface area contributed by atoms with Crippen LogP contribution >= 0.6 is 11.3 Å². The lowest BCUT2D eigenvalue weighted by molar-refractivity contribution is -0.137. The Labute approximate surface area is 149 Å². The molecule has 2 aromatic rings. The predicted octanol–water partition coefficient (Wildman–Crippen LogP) is 4.39. The molecular formula is C18H22F3N3S. The molecule has 1 aliphatic rings. The topological polar surface area (TPSA) is 42.2 Å². The Kier molecular flexibility index (Phi) is 4.92. The summed E-state index contributed by atoms with van der Waals surface area (Å²) in [7, 11) is 0. The van der Waals surface area contributed by atoms with Crippen LogP contribution in [0.15, 0.2) is 29.6 Å². The Morgan fingerprint density at radius 2 is 1.96 bits per heavy atom. The van der Waals surface area contributed by atoms with Crippen LogP contribution in [0.3, 0.4) is 0 Å². The fourth-order valence-electron chi connectivity index (χ4n) is 3.16. The molecule has 1 aromatic carbocycles. The third-order valence-electron chi connectivity index (χ3n) is 4.79. The largest absolute Gasteiger partial charge is 0.416 e. The van der Waals surface area contributed by atoms with E-state index in [1.54, 1.807) is 0 Å². The van der Waals surface area contributed by atoms with Crippen LogP contribution in [0.25, 0.3) is 10.6 Å². The van der Waals surface area contributed by atoms with Crippen molar-refractivity contribution in [2.24, 2.45) is 11.1 Å². The van der Waals surface area contributed by atoms with Gasteiger partial charge >= 0.3 is 6.18 Å². The molecule has 0 bridgehead atoms. The fourth-order valence-corrected chi connectivity index (χ4v) is 3.98. The van der Waals surface area contributed by atoms with Crippen LogP contribution in [0.5, 0.6) is 0 Å². The molecule has 1 unspecified atom stereocenters. The van der Waals surface area contributed by atoms with Crippen molar-refractivity contribution in [2.45, 2.75) is 39.0 Å². The number of nitrogens with zero attached hydrogens (tertiary/aromatic N) is 2. The third-order valence-corrected chi connectivity index (χ3v) is 5.73. The minimum atomic E-state index is -4.31. The first-order valence-corrected chi connectivity index (χ1v) is 9.13. The van der Waals surface area contributed by atoms with Gasteiger partial charge in [-0.25, -0.2) is 4.98 Å². The van der Waals surface area contributed by atoms with Crippen LogP contribution in [0.2, 0.25) is 0 Å². The van der Waals surface area contributed by atoms with Gasteiger partial charge in [-0.15, -0.1) is 11.3 Å². The number of piperidine rings is 1. The van der Waals surface area contributed by atoms with Crippen LogP contribution < -0.4 is 5.73 Å². The number of halogens is 3. The SMILES string of the molecule is CC1(C)CN(Cc2csc(-c3ccc(C(F)(F)F)cc3)n2)CCC1N. The summed E-state index contributed by atoms with van der Waals surface area (Å²) < 4.78 is 37.9.